The van der Waals surface area contributed by atoms with Gasteiger partial charge in [0, 0.05) is 22.8 Å². The molecule has 160 valence electrons. The highest BCUT2D eigenvalue weighted by atomic mass is 79.9. The molecule has 0 amide bonds. The van der Waals surface area contributed by atoms with E-state index in [-0.39, 0.29) is 29.9 Å². The topological polar surface area (TPSA) is 109 Å². The molecule has 31 heavy (non-hydrogen) atoms. The molecule has 0 saturated carbocycles. The number of hydrogen-bond acceptors (Lipinski definition) is 7. The lowest BCUT2D eigenvalue weighted by Crippen LogP contribution is -2.35. The number of nitrogens with two attached hydrogens (primary N) is 1. The Kier molecular flexibility index (Phi) is 4.91. The van der Waals surface area contributed by atoms with E-state index >= 15 is 0 Å². The van der Waals surface area contributed by atoms with E-state index in [0.29, 0.717) is 46.0 Å². The first-order chi connectivity index (χ1) is 15.0. The van der Waals surface area contributed by atoms with E-state index in [2.05, 4.69) is 22.0 Å². The van der Waals surface area contributed by atoms with Crippen LogP contribution in [0.3, 0.4) is 0 Å². The molecule has 2 aromatic rings. The summed E-state index contributed by atoms with van der Waals surface area (Å²) >= 11 is 3.56. The van der Waals surface area contributed by atoms with Gasteiger partial charge in [-0.3, -0.25) is 4.79 Å². The van der Waals surface area contributed by atoms with Crippen molar-refractivity contribution in [1.29, 1.82) is 5.26 Å². The fourth-order valence-corrected chi connectivity index (χ4v) is 4.92. The molecule has 1 aromatic carbocycles. The SMILES string of the molecule is Cc1cc2c(c(=O)n1C[C@@H]1CCCO1)[C@@H](c1cc3c(cc1Br)OCO3)C(C#N)=C(N)O2. The molecule has 9 heteroatoms. The van der Waals surface area contributed by atoms with E-state index < -0.39 is 5.92 Å². The number of ether oxygens (including phenoxy) is 4. The second-order valence-corrected chi connectivity index (χ2v) is 8.62. The van der Waals surface area contributed by atoms with E-state index in [1.807, 2.05) is 6.92 Å². The molecular formula is C22H20BrN3O5. The number of halogens is 1. The van der Waals surface area contributed by atoms with Crippen molar-refractivity contribution in [2.24, 2.45) is 5.73 Å². The third kappa shape index (κ3) is 3.27. The number of aromatic nitrogens is 1. The molecule has 8 nitrogen and oxygen atoms in total. The van der Waals surface area contributed by atoms with Crippen molar-refractivity contribution in [1.82, 2.24) is 4.57 Å². The van der Waals surface area contributed by atoms with Gasteiger partial charge in [0.1, 0.15) is 17.4 Å². The molecule has 0 spiro atoms. The fraction of sp³-hybridized carbons (Fsp3) is 0.364. The van der Waals surface area contributed by atoms with Gasteiger partial charge in [-0.15, -0.1) is 0 Å². The van der Waals surface area contributed by atoms with Gasteiger partial charge >= 0.3 is 0 Å². The molecule has 3 aliphatic heterocycles. The molecular weight excluding hydrogens is 466 g/mol. The van der Waals surface area contributed by atoms with Crippen LogP contribution >= 0.6 is 15.9 Å². The van der Waals surface area contributed by atoms with Crippen LogP contribution in [0.4, 0.5) is 0 Å². The highest BCUT2D eigenvalue weighted by Crippen LogP contribution is 2.46. The number of aryl methyl sites for hydroxylation is 1. The Balaban J connectivity index is 1.70. The first-order valence-corrected chi connectivity index (χ1v) is 10.8. The third-order valence-electron chi connectivity index (χ3n) is 5.90. The summed E-state index contributed by atoms with van der Waals surface area (Å²) in [6.45, 7) is 3.13. The lowest BCUT2D eigenvalue weighted by Gasteiger charge is -2.28. The molecule has 4 heterocycles. The van der Waals surface area contributed by atoms with Crippen LogP contribution in [0, 0.1) is 18.3 Å². The van der Waals surface area contributed by atoms with E-state index in [0.717, 1.165) is 18.5 Å². The van der Waals surface area contributed by atoms with Gasteiger partial charge in [-0.05, 0) is 37.5 Å². The van der Waals surface area contributed by atoms with Crippen LogP contribution in [0.2, 0.25) is 0 Å². The van der Waals surface area contributed by atoms with Crippen LogP contribution in [-0.2, 0) is 11.3 Å². The predicted molar refractivity (Wildman–Crippen MR) is 114 cm³/mol. The molecule has 5 rings (SSSR count). The predicted octanol–water partition coefficient (Wildman–Crippen LogP) is 3.05. The molecule has 3 aliphatic rings. The average Bonchev–Trinajstić information content (AvgIpc) is 3.41. The number of nitriles is 1. The molecule has 0 bridgehead atoms. The van der Waals surface area contributed by atoms with Gasteiger partial charge in [-0.2, -0.15) is 5.26 Å². The minimum absolute atomic E-state index is 0.00858. The summed E-state index contributed by atoms with van der Waals surface area (Å²) in [5.74, 6) is 0.783. The Morgan fingerprint density at radius 2 is 2.03 bits per heavy atom. The van der Waals surface area contributed by atoms with Crippen LogP contribution in [0.15, 0.2) is 38.9 Å². The first kappa shape index (κ1) is 20.0. The summed E-state index contributed by atoms with van der Waals surface area (Å²) in [7, 11) is 0. The number of pyridine rings is 1. The highest BCUT2D eigenvalue weighted by molar-refractivity contribution is 9.10. The Morgan fingerprint density at radius 1 is 1.26 bits per heavy atom. The number of fused-ring (bicyclic) bond motifs is 2. The van der Waals surface area contributed by atoms with E-state index in [4.69, 9.17) is 24.7 Å². The van der Waals surface area contributed by atoms with Crippen molar-refractivity contribution >= 4 is 15.9 Å². The van der Waals surface area contributed by atoms with E-state index in [1.165, 1.54) is 0 Å². The Labute approximate surface area is 186 Å². The number of hydrogen-bond donors (Lipinski definition) is 1. The summed E-state index contributed by atoms with van der Waals surface area (Å²) in [4.78, 5) is 13.7. The molecule has 1 fully saturated rings. The minimum Gasteiger partial charge on any atom is -0.454 e. The quantitative estimate of drug-likeness (QED) is 0.711. The summed E-state index contributed by atoms with van der Waals surface area (Å²) < 4.78 is 24.8. The second-order valence-electron chi connectivity index (χ2n) is 7.77. The standard InChI is InChI=1S/C22H20BrN3O5/c1-11-5-18-20(22(27)26(11)9-12-3-2-4-28-12)19(14(8-24)21(25)31-18)13-6-16-17(7-15(13)23)30-10-29-16/h5-7,12,19H,2-4,9-10,25H2,1H3/t12-,19-/m0/s1. The Bertz CT molecular complexity index is 1210. The Hall–Kier alpha value is -2.96. The summed E-state index contributed by atoms with van der Waals surface area (Å²) in [6.07, 6.45) is 1.88. The number of allylic oxidation sites excluding steroid dienone is 1. The lowest BCUT2D eigenvalue weighted by molar-refractivity contribution is 0.0955. The van der Waals surface area contributed by atoms with Gasteiger partial charge in [0.2, 0.25) is 12.7 Å². The number of rotatable bonds is 3. The molecule has 0 unspecified atom stereocenters. The van der Waals surface area contributed by atoms with E-state index in [1.54, 1.807) is 22.8 Å². The smallest absolute Gasteiger partial charge is 0.258 e. The van der Waals surface area contributed by atoms with Gasteiger partial charge in [0.05, 0.1) is 24.1 Å². The van der Waals surface area contributed by atoms with Gasteiger partial charge in [0.15, 0.2) is 11.5 Å². The summed E-state index contributed by atoms with van der Waals surface area (Å²) in [5.41, 5.74) is 7.85. The maximum absolute atomic E-state index is 13.7. The molecule has 1 saturated heterocycles. The maximum atomic E-state index is 13.7. The zero-order valence-electron chi connectivity index (χ0n) is 16.8. The van der Waals surface area contributed by atoms with Gasteiger partial charge < -0.3 is 29.2 Å². The first-order valence-electron chi connectivity index (χ1n) is 10.0. The van der Waals surface area contributed by atoms with E-state index in [9.17, 15) is 10.1 Å². The lowest BCUT2D eigenvalue weighted by atomic mass is 9.83. The highest BCUT2D eigenvalue weighted by Gasteiger charge is 2.36. The molecule has 2 N–H and O–H groups in total. The monoisotopic (exact) mass is 485 g/mol. The average molecular weight is 486 g/mol. The molecule has 0 aliphatic carbocycles. The third-order valence-corrected chi connectivity index (χ3v) is 6.59. The second kappa shape index (κ2) is 7.62. The van der Waals surface area contributed by atoms with Crippen LogP contribution in [0.25, 0.3) is 0 Å². The largest absolute Gasteiger partial charge is 0.454 e. The molecule has 1 aromatic heterocycles. The van der Waals surface area contributed by atoms with Crippen molar-refractivity contribution in [3.63, 3.8) is 0 Å². The molecule has 2 atom stereocenters. The zero-order valence-corrected chi connectivity index (χ0v) is 18.4. The van der Waals surface area contributed by atoms with Crippen molar-refractivity contribution in [3.05, 3.63) is 61.3 Å². The van der Waals surface area contributed by atoms with Crippen LogP contribution in [-0.4, -0.2) is 24.1 Å². The number of nitrogens with zero attached hydrogens (tertiary/aromatic N) is 2. The zero-order chi connectivity index (χ0) is 21.7. The van der Waals surface area contributed by atoms with Gasteiger partial charge in [-0.1, -0.05) is 15.9 Å². The van der Waals surface area contributed by atoms with Crippen LogP contribution in [0.5, 0.6) is 17.2 Å². The van der Waals surface area contributed by atoms with Crippen molar-refractivity contribution in [2.45, 2.75) is 38.3 Å². The van der Waals surface area contributed by atoms with Gasteiger partial charge in [-0.25, -0.2) is 0 Å². The molecule has 0 radical (unpaired) electrons. The van der Waals surface area contributed by atoms with Crippen molar-refractivity contribution < 1.29 is 18.9 Å². The van der Waals surface area contributed by atoms with Crippen LogP contribution < -0.4 is 25.5 Å². The van der Waals surface area contributed by atoms with Crippen molar-refractivity contribution in [2.75, 3.05) is 13.4 Å². The Morgan fingerprint density at radius 3 is 2.74 bits per heavy atom. The fourth-order valence-electron chi connectivity index (χ4n) is 4.37. The summed E-state index contributed by atoms with van der Waals surface area (Å²) in [6, 6.07) is 7.48. The van der Waals surface area contributed by atoms with Crippen LogP contribution in [0.1, 0.15) is 35.6 Å². The summed E-state index contributed by atoms with van der Waals surface area (Å²) in [5, 5.41) is 9.88. The normalized spacial score (nSPS) is 21.6. The van der Waals surface area contributed by atoms with Gasteiger partial charge in [0.25, 0.3) is 5.56 Å². The van der Waals surface area contributed by atoms with Crippen molar-refractivity contribution in [3.8, 4) is 23.3 Å². The maximum Gasteiger partial charge on any atom is 0.258 e. The minimum atomic E-state index is -0.707. The number of benzene rings is 1.